The summed E-state index contributed by atoms with van der Waals surface area (Å²) in [7, 11) is 1.72. The molecule has 0 unspecified atom stereocenters. The quantitative estimate of drug-likeness (QED) is 0.856. The second-order valence-electron chi connectivity index (χ2n) is 5.10. The zero-order valence-corrected chi connectivity index (χ0v) is 13.3. The Kier molecular flexibility index (Phi) is 7.50. The fourth-order valence-electron chi connectivity index (χ4n) is 2.43. The molecule has 1 aliphatic rings. The van der Waals surface area contributed by atoms with Crippen LogP contribution in [0.5, 0.6) is 0 Å². The lowest BCUT2D eigenvalue weighted by atomic mass is 10.2. The Morgan fingerprint density at radius 1 is 1.19 bits per heavy atom. The number of hydrogen-bond acceptors (Lipinski definition) is 4. The highest BCUT2D eigenvalue weighted by Gasteiger charge is 2.19. The number of nitrogen functional groups attached to an aromatic ring is 1. The molecule has 0 spiro atoms. The molecule has 1 aliphatic heterocycles. The molecule has 1 aromatic rings. The summed E-state index contributed by atoms with van der Waals surface area (Å²) in [5.74, 6) is 0.0959. The molecule has 1 heterocycles. The highest BCUT2D eigenvalue weighted by atomic mass is 35.5. The Morgan fingerprint density at radius 2 is 1.90 bits per heavy atom. The van der Waals surface area contributed by atoms with E-state index in [2.05, 4.69) is 4.90 Å². The van der Waals surface area contributed by atoms with Crippen LogP contribution in [0.25, 0.3) is 0 Å². The Balaban J connectivity index is 0.00000220. The van der Waals surface area contributed by atoms with Crippen LogP contribution in [0.15, 0.2) is 24.3 Å². The minimum Gasteiger partial charge on any atom is -0.399 e. The number of benzene rings is 1. The predicted octanol–water partition coefficient (Wildman–Crippen LogP) is 1.48. The number of anilines is 1. The van der Waals surface area contributed by atoms with Crippen molar-refractivity contribution in [1.82, 2.24) is 9.80 Å². The van der Waals surface area contributed by atoms with Crippen LogP contribution in [0.1, 0.15) is 16.8 Å². The number of ether oxygens (including phenoxy) is 1. The molecular formula is C15H24ClN3O2. The number of amides is 1. The van der Waals surface area contributed by atoms with Gasteiger partial charge in [-0.1, -0.05) is 0 Å². The minimum atomic E-state index is 0. The van der Waals surface area contributed by atoms with Crippen LogP contribution >= 0.6 is 12.4 Å². The number of halogens is 1. The molecule has 0 saturated carbocycles. The van der Waals surface area contributed by atoms with Crippen LogP contribution in [0.4, 0.5) is 5.69 Å². The average Bonchev–Trinajstić information content (AvgIpc) is 2.70. The van der Waals surface area contributed by atoms with E-state index in [-0.39, 0.29) is 18.3 Å². The van der Waals surface area contributed by atoms with Gasteiger partial charge in [0.15, 0.2) is 0 Å². The predicted molar refractivity (Wildman–Crippen MR) is 86.9 cm³/mol. The third-order valence-electron chi connectivity index (χ3n) is 3.65. The second-order valence-corrected chi connectivity index (χ2v) is 5.10. The normalized spacial score (nSPS) is 16.1. The van der Waals surface area contributed by atoms with Crippen LogP contribution in [-0.2, 0) is 4.74 Å². The zero-order chi connectivity index (χ0) is 14.4. The van der Waals surface area contributed by atoms with Crippen molar-refractivity contribution in [2.24, 2.45) is 0 Å². The SMILES string of the molecule is COCCN1CCCN(C(=O)c2ccc(N)cc2)CC1.Cl. The van der Waals surface area contributed by atoms with Gasteiger partial charge in [-0.3, -0.25) is 9.69 Å². The van der Waals surface area contributed by atoms with Crippen molar-refractivity contribution in [3.05, 3.63) is 29.8 Å². The zero-order valence-electron chi connectivity index (χ0n) is 12.5. The molecule has 1 saturated heterocycles. The molecule has 0 aliphatic carbocycles. The van der Waals surface area contributed by atoms with E-state index in [0.29, 0.717) is 11.3 Å². The Labute approximate surface area is 132 Å². The molecule has 6 heteroatoms. The fraction of sp³-hybridized carbons (Fsp3) is 0.533. The molecular weight excluding hydrogens is 290 g/mol. The summed E-state index contributed by atoms with van der Waals surface area (Å²) in [5, 5.41) is 0. The molecule has 1 aromatic carbocycles. The van der Waals surface area contributed by atoms with Crippen molar-refractivity contribution in [2.45, 2.75) is 6.42 Å². The molecule has 0 atom stereocenters. The molecule has 118 valence electrons. The standard InChI is InChI=1S/C15H23N3O2.ClH/c1-20-12-11-17-7-2-8-18(10-9-17)15(19)13-3-5-14(16)6-4-13;/h3-6H,2,7-12,16H2,1H3;1H. The lowest BCUT2D eigenvalue weighted by Crippen LogP contribution is -2.36. The first-order valence-electron chi connectivity index (χ1n) is 7.07. The number of nitrogens with zero attached hydrogens (tertiary/aromatic N) is 2. The third-order valence-corrected chi connectivity index (χ3v) is 3.65. The number of hydrogen-bond donors (Lipinski definition) is 1. The van der Waals surface area contributed by atoms with Crippen molar-refractivity contribution < 1.29 is 9.53 Å². The van der Waals surface area contributed by atoms with E-state index in [9.17, 15) is 4.79 Å². The van der Waals surface area contributed by atoms with E-state index in [1.54, 1.807) is 31.4 Å². The van der Waals surface area contributed by atoms with E-state index >= 15 is 0 Å². The highest BCUT2D eigenvalue weighted by molar-refractivity contribution is 5.94. The van der Waals surface area contributed by atoms with Gasteiger partial charge >= 0.3 is 0 Å². The van der Waals surface area contributed by atoms with Gasteiger partial charge in [0.05, 0.1) is 6.61 Å². The number of methoxy groups -OCH3 is 1. The molecule has 0 radical (unpaired) electrons. The number of carbonyl (C=O) groups excluding carboxylic acids is 1. The summed E-state index contributed by atoms with van der Waals surface area (Å²) >= 11 is 0. The van der Waals surface area contributed by atoms with E-state index in [0.717, 1.165) is 45.8 Å². The third kappa shape index (κ3) is 5.19. The monoisotopic (exact) mass is 313 g/mol. The molecule has 1 fully saturated rings. The summed E-state index contributed by atoms with van der Waals surface area (Å²) in [6, 6.07) is 7.14. The Bertz CT molecular complexity index is 439. The molecule has 1 amide bonds. The smallest absolute Gasteiger partial charge is 0.253 e. The van der Waals surface area contributed by atoms with E-state index < -0.39 is 0 Å². The average molecular weight is 314 g/mol. The second kappa shape index (κ2) is 8.87. The van der Waals surface area contributed by atoms with Gasteiger partial charge in [0.1, 0.15) is 0 Å². The van der Waals surface area contributed by atoms with Crippen molar-refractivity contribution >= 4 is 24.0 Å². The highest BCUT2D eigenvalue weighted by Crippen LogP contribution is 2.11. The van der Waals surface area contributed by atoms with Gasteiger partial charge in [0, 0.05) is 44.5 Å². The first kappa shape index (κ1) is 17.8. The van der Waals surface area contributed by atoms with Gasteiger partial charge in [-0.2, -0.15) is 0 Å². The van der Waals surface area contributed by atoms with Gasteiger partial charge < -0.3 is 15.4 Å². The number of nitrogens with two attached hydrogens (primary N) is 1. The van der Waals surface area contributed by atoms with Crippen molar-refractivity contribution in [3.63, 3.8) is 0 Å². The number of carbonyl (C=O) groups is 1. The van der Waals surface area contributed by atoms with Crippen LogP contribution < -0.4 is 5.73 Å². The lowest BCUT2D eigenvalue weighted by molar-refractivity contribution is 0.0759. The summed E-state index contributed by atoms with van der Waals surface area (Å²) in [4.78, 5) is 16.7. The summed E-state index contributed by atoms with van der Waals surface area (Å²) < 4.78 is 5.11. The van der Waals surface area contributed by atoms with Gasteiger partial charge in [0.25, 0.3) is 5.91 Å². The topological polar surface area (TPSA) is 58.8 Å². The summed E-state index contributed by atoms with van der Waals surface area (Å²) in [5.41, 5.74) is 7.05. The van der Waals surface area contributed by atoms with Crippen molar-refractivity contribution in [1.29, 1.82) is 0 Å². The van der Waals surface area contributed by atoms with Crippen LogP contribution in [-0.4, -0.2) is 62.1 Å². The van der Waals surface area contributed by atoms with Gasteiger partial charge in [-0.05, 0) is 37.2 Å². The Hall–Kier alpha value is -1.30. The van der Waals surface area contributed by atoms with E-state index in [4.69, 9.17) is 10.5 Å². The molecule has 0 bridgehead atoms. The molecule has 21 heavy (non-hydrogen) atoms. The molecule has 2 rings (SSSR count). The number of rotatable bonds is 4. The molecule has 0 aromatic heterocycles. The van der Waals surface area contributed by atoms with Crippen LogP contribution in [0.3, 0.4) is 0 Å². The summed E-state index contributed by atoms with van der Waals surface area (Å²) in [6.07, 6.45) is 1.00. The van der Waals surface area contributed by atoms with Crippen molar-refractivity contribution in [2.75, 3.05) is 52.2 Å². The fourth-order valence-corrected chi connectivity index (χ4v) is 2.43. The first-order chi connectivity index (χ1) is 9.70. The lowest BCUT2D eigenvalue weighted by Gasteiger charge is -2.22. The van der Waals surface area contributed by atoms with E-state index in [1.807, 2.05) is 4.90 Å². The maximum Gasteiger partial charge on any atom is 0.253 e. The van der Waals surface area contributed by atoms with Crippen molar-refractivity contribution in [3.8, 4) is 0 Å². The maximum atomic E-state index is 12.4. The van der Waals surface area contributed by atoms with Gasteiger partial charge in [0.2, 0.25) is 0 Å². The van der Waals surface area contributed by atoms with Crippen LogP contribution in [0.2, 0.25) is 0 Å². The largest absolute Gasteiger partial charge is 0.399 e. The van der Waals surface area contributed by atoms with Gasteiger partial charge in [-0.15, -0.1) is 12.4 Å². The van der Waals surface area contributed by atoms with Crippen LogP contribution in [0, 0.1) is 0 Å². The Morgan fingerprint density at radius 3 is 2.57 bits per heavy atom. The maximum absolute atomic E-state index is 12.4. The summed E-state index contributed by atoms with van der Waals surface area (Å²) in [6.45, 7) is 5.19. The van der Waals surface area contributed by atoms with Gasteiger partial charge in [-0.25, -0.2) is 0 Å². The minimum absolute atomic E-state index is 0. The molecule has 2 N–H and O–H groups in total. The first-order valence-corrected chi connectivity index (χ1v) is 7.07. The molecule has 5 nitrogen and oxygen atoms in total. The van der Waals surface area contributed by atoms with E-state index in [1.165, 1.54) is 0 Å².